The first-order chi connectivity index (χ1) is 10.7. The van der Waals surface area contributed by atoms with E-state index in [1.165, 1.54) is 12.0 Å². The van der Waals surface area contributed by atoms with Gasteiger partial charge in [0.15, 0.2) is 0 Å². The van der Waals surface area contributed by atoms with Crippen LogP contribution >= 0.6 is 0 Å². The number of fused-ring (bicyclic) bond motifs is 1. The van der Waals surface area contributed by atoms with E-state index in [0.29, 0.717) is 12.7 Å². The van der Waals surface area contributed by atoms with Gasteiger partial charge < -0.3 is 9.47 Å². The van der Waals surface area contributed by atoms with Crippen LogP contribution in [0.25, 0.3) is 0 Å². The highest BCUT2D eigenvalue weighted by atomic mass is 16.5. The molecule has 122 valence electrons. The number of aromatic nitrogens is 2. The standard InChI is InChI=1S/C17H27N3O2/c1-3-8-21-14-17-6-4-9-22-16(17)5-7-20(13-17)12-15-10-18-19(2)11-15/h3,10-11,16H,1,4-9,12-14H2,2H3. The summed E-state index contributed by atoms with van der Waals surface area (Å²) in [6.45, 7) is 9.13. The van der Waals surface area contributed by atoms with Crippen molar-refractivity contribution in [2.75, 3.05) is 32.9 Å². The number of likely N-dealkylation sites (tertiary alicyclic amines) is 1. The largest absolute Gasteiger partial charge is 0.377 e. The third-order valence-electron chi connectivity index (χ3n) is 4.86. The molecule has 1 aromatic rings. The van der Waals surface area contributed by atoms with E-state index in [0.717, 1.165) is 45.7 Å². The zero-order valence-electron chi connectivity index (χ0n) is 13.5. The molecule has 0 radical (unpaired) electrons. The van der Waals surface area contributed by atoms with Crippen LogP contribution in [0.1, 0.15) is 24.8 Å². The summed E-state index contributed by atoms with van der Waals surface area (Å²) in [5.74, 6) is 0. The molecule has 3 rings (SSSR count). The fourth-order valence-corrected chi connectivity index (χ4v) is 3.89. The predicted octanol–water partition coefficient (Wildman–Crippen LogP) is 1.99. The van der Waals surface area contributed by atoms with Gasteiger partial charge in [-0.15, -0.1) is 6.58 Å². The van der Waals surface area contributed by atoms with Crippen molar-refractivity contribution in [2.24, 2.45) is 12.5 Å². The van der Waals surface area contributed by atoms with Crippen molar-refractivity contribution < 1.29 is 9.47 Å². The average molecular weight is 305 g/mol. The molecular formula is C17H27N3O2. The lowest BCUT2D eigenvalue weighted by molar-refractivity contribution is -0.152. The lowest BCUT2D eigenvalue weighted by Gasteiger charge is -2.50. The molecule has 0 bridgehead atoms. The van der Waals surface area contributed by atoms with Crippen LogP contribution in [0, 0.1) is 5.41 Å². The molecule has 0 amide bonds. The zero-order chi connectivity index (χ0) is 15.4. The van der Waals surface area contributed by atoms with E-state index in [2.05, 4.69) is 22.8 Å². The van der Waals surface area contributed by atoms with Gasteiger partial charge >= 0.3 is 0 Å². The number of rotatable bonds is 6. The molecule has 22 heavy (non-hydrogen) atoms. The molecule has 2 fully saturated rings. The van der Waals surface area contributed by atoms with Gasteiger partial charge in [0, 0.05) is 50.5 Å². The molecule has 0 saturated carbocycles. The second-order valence-electron chi connectivity index (χ2n) is 6.65. The Kier molecular flexibility index (Phi) is 4.96. The fourth-order valence-electron chi connectivity index (χ4n) is 3.89. The Labute approximate surface area is 132 Å². The van der Waals surface area contributed by atoms with Crippen LogP contribution in [-0.4, -0.2) is 53.7 Å². The summed E-state index contributed by atoms with van der Waals surface area (Å²) in [5, 5.41) is 4.27. The van der Waals surface area contributed by atoms with Crippen LogP contribution < -0.4 is 0 Å². The number of piperidine rings is 1. The summed E-state index contributed by atoms with van der Waals surface area (Å²) < 4.78 is 13.8. The quantitative estimate of drug-likeness (QED) is 0.595. The van der Waals surface area contributed by atoms with Gasteiger partial charge in [0.2, 0.25) is 0 Å². The molecule has 1 aromatic heterocycles. The van der Waals surface area contributed by atoms with Gasteiger partial charge in [-0.25, -0.2) is 0 Å². The van der Waals surface area contributed by atoms with E-state index >= 15 is 0 Å². The van der Waals surface area contributed by atoms with Gasteiger partial charge in [0.1, 0.15) is 0 Å². The summed E-state index contributed by atoms with van der Waals surface area (Å²) in [6.07, 6.45) is 9.65. The molecule has 2 aliphatic heterocycles. The molecule has 0 aliphatic carbocycles. The van der Waals surface area contributed by atoms with Gasteiger partial charge in [0.05, 0.1) is 25.5 Å². The minimum absolute atomic E-state index is 0.141. The molecule has 0 N–H and O–H groups in total. The van der Waals surface area contributed by atoms with Gasteiger partial charge in [-0.05, 0) is 19.3 Å². The number of aryl methyl sites for hydroxylation is 1. The second-order valence-corrected chi connectivity index (χ2v) is 6.65. The Balaban J connectivity index is 1.66. The van der Waals surface area contributed by atoms with Crippen LogP contribution in [0.2, 0.25) is 0 Å². The van der Waals surface area contributed by atoms with E-state index in [4.69, 9.17) is 9.47 Å². The second kappa shape index (κ2) is 6.94. The lowest BCUT2D eigenvalue weighted by atomic mass is 9.73. The van der Waals surface area contributed by atoms with E-state index in [1.807, 2.05) is 24.0 Å². The van der Waals surface area contributed by atoms with Crippen LogP contribution in [0.4, 0.5) is 0 Å². The minimum atomic E-state index is 0.141. The first kappa shape index (κ1) is 15.7. The monoisotopic (exact) mass is 305 g/mol. The Bertz CT molecular complexity index is 502. The number of ether oxygens (including phenoxy) is 2. The molecule has 2 atom stereocenters. The Morgan fingerprint density at radius 1 is 1.59 bits per heavy atom. The van der Waals surface area contributed by atoms with Crippen molar-refractivity contribution in [3.63, 3.8) is 0 Å². The highest BCUT2D eigenvalue weighted by molar-refractivity contribution is 5.05. The maximum Gasteiger partial charge on any atom is 0.0677 e. The Hall–Kier alpha value is -1.17. The Morgan fingerprint density at radius 2 is 2.50 bits per heavy atom. The topological polar surface area (TPSA) is 39.5 Å². The summed E-state index contributed by atoms with van der Waals surface area (Å²) in [5.41, 5.74) is 1.42. The summed E-state index contributed by atoms with van der Waals surface area (Å²) in [4.78, 5) is 2.53. The van der Waals surface area contributed by atoms with Gasteiger partial charge in [-0.2, -0.15) is 5.10 Å². The predicted molar refractivity (Wildman–Crippen MR) is 85.5 cm³/mol. The molecule has 5 nitrogen and oxygen atoms in total. The van der Waals surface area contributed by atoms with Crippen molar-refractivity contribution in [1.29, 1.82) is 0 Å². The highest BCUT2D eigenvalue weighted by Crippen LogP contribution is 2.40. The number of hydrogen-bond donors (Lipinski definition) is 0. The lowest BCUT2D eigenvalue weighted by Crippen LogP contribution is -2.56. The van der Waals surface area contributed by atoms with Gasteiger partial charge in [-0.3, -0.25) is 9.58 Å². The van der Waals surface area contributed by atoms with Crippen molar-refractivity contribution in [3.05, 3.63) is 30.6 Å². The molecule has 3 heterocycles. The number of nitrogens with zero attached hydrogens (tertiary/aromatic N) is 3. The first-order valence-corrected chi connectivity index (χ1v) is 8.22. The van der Waals surface area contributed by atoms with Crippen LogP contribution in [-0.2, 0) is 23.1 Å². The van der Waals surface area contributed by atoms with Gasteiger partial charge in [0.25, 0.3) is 0 Å². The normalized spacial score (nSPS) is 29.2. The molecule has 2 unspecified atom stereocenters. The molecule has 2 saturated heterocycles. The highest BCUT2D eigenvalue weighted by Gasteiger charge is 2.46. The Morgan fingerprint density at radius 3 is 3.27 bits per heavy atom. The van der Waals surface area contributed by atoms with Crippen LogP contribution in [0.3, 0.4) is 0 Å². The van der Waals surface area contributed by atoms with E-state index in [-0.39, 0.29) is 5.41 Å². The van der Waals surface area contributed by atoms with Crippen molar-refractivity contribution in [1.82, 2.24) is 14.7 Å². The minimum Gasteiger partial charge on any atom is -0.377 e. The SMILES string of the molecule is C=CCOCC12CCCOC1CCN(Cc1cnn(C)c1)C2. The third-order valence-corrected chi connectivity index (χ3v) is 4.86. The van der Waals surface area contributed by atoms with Gasteiger partial charge in [-0.1, -0.05) is 6.08 Å². The van der Waals surface area contributed by atoms with E-state index in [9.17, 15) is 0 Å². The van der Waals surface area contributed by atoms with Crippen LogP contribution in [0.15, 0.2) is 25.0 Å². The third kappa shape index (κ3) is 3.42. The molecule has 2 aliphatic rings. The summed E-state index contributed by atoms with van der Waals surface area (Å²) in [7, 11) is 1.97. The molecule has 0 spiro atoms. The van der Waals surface area contributed by atoms with Crippen molar-refractivity contribution >= 4 is 0 Å². The molecule has 0 aromatic carbocycles. The maximum absolute atomic E-state index is 6.07. The zero-order valence-corrected chi connectivity index (χ0v) is 13.5. The fraction of sp³-hybridized carbons (Fsp3) is 0.706. The van der Waals surface area contributed by atoms with Crippen molar-refractivity contribution in [2.45, 2.75) is 31.9 Å². The molecule has 5 heteroatoms. The van der Waals surface area contributed by atoms with Crippen molar-refractivity contribution in [3.8, 4) is 0 Å². The first-order valence-electron chi connectivity index (χ1n) is 8.22. The smallest absolute Gasteiger partial charge is 0.0677 e. The molecular weight excluding hydrogens is 278 g/mol. The average Bonchev–Trinajstić information content (AvgIpc) is 2.92. The van der Waals surface area contributed by atoms with E-state index in [1.54, 1.807) is 0 Å². The van der Waals surface area contributed by atoms with E-state index < -0.39 is 0 Å². The summed E-state index contributed by atoms with van der Waals surface area (Å²) >= 11 is 0. The maximum atomic E-state index is 6.07. The van der Waals surface area contributed by atoms with Crippen LogP contribution in [0.5, 0.6) is 0 Å². The number of hydrogen-bond acceptors (Lipinski definition) is 4. The summed E-state index contributed by atoms with van der Waals surface area (Å²) in [6, 6.07) is 0.